The van der Waals surface area contributed by atoms with Gasteiger partial charge in [-0.25, -0.2) is 4.98 Å². The lowest BCUT2D eigenvalue weighted by Crippen LogP contribution is -2.40. The van der Waals surface area contributed by atoms with Crippen LogP contribution in [0.1, 0.15) is 44.3 Å². The van der Waals surface area contributed by atoms with E-state index in [0.29, 0.717) is 12.0 Å². The van der Waals surface area contributed by atoms with Crippen LogP contribution in [0.15, 0.2) is 18.2 Å². The first-order chi connectivity index (χ1) is 11.1. The lowest BCUT2D eigenvalue weighted by molar-refractivity contribution is -0.120. The largest absolute Gasteiger partial charge is 0.331 e. The fourth-order valence-electron chi connectivity index (χ4n) is 3.62. The summed E-state index contributed by atoms with van der Waals surface area (Å²) in [5, 5.41) is 6.47. The lowest BCUT2D eigenvalue weighted by Gasteiger charge is -2.27. The number of aromatic nitrogens is 2. The molecule has 0 unspecified atom stereocenters. The predicted octanol–water partition coefficient (Wildman–Crippen LogP) is 3.20. The number of carbonyl (C=O) groups is 1. The molecule has 130 valence electrons. The molecule has 24 heavy (non-hydrogen) atoms. The molecule has 1 aromatic heterocycles. The smallest absolute Gasteiger partial charge is 0.227 e. The predicted molar refractivity (Wildman–Crippen MR) is 98.8 cm³/mol. The third-order valence-electron chi connectivity index (χ3n) is 5.12. The number of amides is 1. The summed E-state index contributed by atoms with van der Waals surface area (Å²) in [6.07, 6.45) is 4.31. The van der Waals surface area contributed by atoms with Crippen molar-refractivity contribution in [3.63, 3.8) is 0 Å². The number of aryl methyl sites for hydroxylation is 1. The summed E-state index contributed by atoms with van der Waals surface area (Å²) in [6, 6.07) is 6.47. The maximum Gasteiger partial charge on any atom is 0.227 e. The normalized spacial score (nSPS) is 23.8. The molecule has 2 aliphatic rings. The van der Waals surface area contributed by atoms with Gasteiger partial charge in [-0.15, -0.1) is 12.4 Å². The van der Waals surface area contributed by atoms with Crippen LogP contribution in [0.4, 0.5) is 5.69 Å². The number of nitrogens with zero attached hydrogens (tertiary/aromatic N) is 2. The number of nitrogens with one attached hydrogen (secondary N) is 2. The van der Waals surface area contributed by atoms with Gasteiger partial charge in [-0.1, -0.05) is 0 Å². The third-order valence-corrected chi connectivity index (χ3v) is 5.12. The van der Waals surface area contributed by atoms with Gasteiger partial charge in [-0.2, -0.15) is 0 Å². The van der Waals surface area contributed by atoms with Crippen LogP contribution in [-0.4, -0.2) is 28.0 Å². The summed E-state index contributed by atoms with van der Waals surface area (Å²) >= 11 is 0. The van der Waals surface area contributed by atoms with Crippen molar-refractivity contribution in [1.29, 1.82) is 0 Å². The van der Waals surface area contributed by atoms with Crippen molar-refractivity contribution < 1.29 is 4.79 Å². The molecule has 0 bridgehead atoms. The number of halogens is 1. The van der Waals surface area contributed by atoms with E-state index in [2.05, 4.69) is 35.2 Å². The van der Waals surface area contributed by atoms with E-state index in [9.17, 15) is 4.79 Å². The van der Waals surface area contributed by atoms with E-state index in [1.165, 1.54) is 18.7 Å². The summed E-state index contributed by atoms with van der Waals surface area (Å²) in [5.74, 6) is 2.04. The zero-order valence-electron chi connectivity index (χ0n) is 14.2. The van der Waals surface area contributed by atoms with Crippen molar-refractivity contribution in [2.45, 2.75) is 44.6 Å². The Bertz CT molecular complexity index is 753. The highest BCUT2D eigenvalue weighted by atomic mass is 35.5. The summed E-state index contributed by atoms with van der Waals surface area (Å²) in [7, 11) is 2.08. The molecule has 1 aliphatic heterocycles. The van der Waals surface area contributed by atoms with Crippen molar-refractivity contribution >= 4 is 35.0 Å². The van der Waals surface area contributed by atoms with Gasteiger partial charge in [0.15, 0.2) is 0 Å². The average molecular weight is 349 g/mol. The first-order valence-corrected chi connectivity index (χ1v) is 8.62. The Morgan fingerprint density at radius 3 is 2.83 bits per heavy atom. The molecule has 4 rings (SSSR count). The van der Waals surface area contributed by atoms with Gasteiger partial charge in [0, 0.05) is 30.6 Å². The van der Waals surface area contributed by atoms with E-state index in [4.69, 9.17) is 4.98 Å². The second-order valence-corrected chi connectivity index (χ2v) is 7.07. The van der Waals surface area contributed by atoms with E-state index >= 15 is 0 Å². The summed E-state index contributed by atoms with van der Waals surface area (Å²) in [4.78, 5) is 17.2. The van der Waals surface area contributed by atoms with Crippen molar-refractivity contribution in [1.82, 2.24) is 14.9 Å². The van der Waals surface area contributed by atoms with Gasteiger partial charge in [-0.3, -0.25) is 4.79 Å². The SMILES string of the molecule is C[C@H]1C[C@@H](C(=O)Nc2ccc3c(c2)nc(C2CC2)n3C)CCN1.Cl. The highest BCUT2D eigenvalue weighted by Gasteiger charge is 2.29. The monoisotopic (exact) mass is 348 g/mol. The minimum absolute atomic E-state index is 0. The maximum absolute atomic E-state index is 12.5. The Kier molecular flexibility index (Phi) is 4.83. The molecule has 2 heterocycles. The van der Waals surface area contributed by atoms with Gasteiger partial charge in [0.25, 0.3) is 0 Å². The van der Waals surface area contributed by atoms with Crippen LogP contribution in [0, 0.1) is 5.92 Å². The Hall–Kier alpha value is -1.59. The van der Waals surface area contributed by atoms with Gasteiger partial charge < -0.3 is 15.2 Å². The number of anilines is 1. The molecule has 1 aliphatic carbocycles. The van der Waals surface area contributed by atoms with Gasteiger partial charge in [0.1, 0.15) is 5.82 Å². The van der Waals surface area contributed by atoms with E-state index in [1.807, 2.05) is 12.1 Å². The number of hydrogen-bond donors (Lipinski definition) is 2. The fraction of sp³-hybridized carbons (Fsp3) is 0.556. The molecule has 2 aromatic rings. The van der Waals surface area contributed by atoms with Crippen LogP contribution >= 0.6 is 12.4 Å². The standard InChI is InChI=1S/C18H24N4O.ClH/c1-11-9-13(7-8-19-11)18(23)20-14-5-6-16-15(10-14)21-17(22(16)2)12-3-4-12;/h5-6,10-13,19H,3-4,7-9H2,1-2H3,(H,20,23);1H/t11-,13-;/m0./s1. The van der Waals surface area contributed by atoms with Crippen LogP contribution in [0.25, 0.3) is 11.0 Å². The minimum Gasteiger partial charge on any atom is -0.331 e. The minimum atomic E-state index is 0. The Morgan fingerprint density at radius 2 is 2.12 bits per heavy atom. The zero-order chi connectivity index (χ0) is 16.0. The molecule has 1 saturated carbocycles. The Balaban J connectivity index is 0.00000169. The highest BCUT2D eigenvalue weighted by molar-refractivity contribution is 5.94. The number of imidazole rings is 1. The second kappa shape index (κ2) is 6.73. The molecule has 6 heteroatoms. The quantitative estimate of drug-likeness (QED) is 0.895. The lowest BCUT2D eigenvalue weighted by atomic mass is 9.92. The fourth-order valence-corrected chi connectivity index (χ4v) is 3.62. The molecule has 2 fully saturated rings. The van der Waals surface area contributed by atoms with Crippen LogP contribution in [0.2, 0.25) is 0 Å². The topological polar surface area (TPSA) is 59.0 Å². The number of piperidine rings is 1. The number of fused-ring (bicyclic) bond motifs is 1. The molecule has 1 saturated heterocycles. The molecule has 2 N–H and O–H groups in total. The second-order valence-electron chi connectivity index (χ2n) is 7.07. The number of hydrogen-bond acceptors (Lipinski definition) is 3. The first kappa shape index (κ1) is 17.2. The highest BCUT2D eigenvalue weighted by Crippen LogP contribution is 2.40. The zero-order valence-corrected chi connectivity index (χ0v) is 15.0. The van der Waals surface area contributed by atoms with Crippen LogP contribution in [-0.2, 0) is 11.8 Å². The molecule has 5 nitrogen and oxygen atoms in total. The Labute approximate surface area is 148 Å². The van der Waals surface area contributed by atoms with E-state index in [0.717, 1.165) is 36.1 Å². The van der Waals surface area contributed by atoms with Crippen molar-refractivity contribution in [3.05, 3.63) is 24.0 Å². The average Bonchev–Trinajstić information content (AvgIpc) is 3.32. The molecular weight excluding hydrogens is 324 g/mol. The van der Waals surface area contributed by atoms with Crippen molar-refractivity contribution in [2.75, 3.05) is 11.9 Å². The molecule has 1 amide bonds. The van der Waals surface area contributed by atoms with Crippen molar-refractivity contribution in [3.8, 4) is 0 Å². The number of carbonyl (C=O) groups excluding carboxylic acids is 1. The van der Waals surface area contributed by atoms with Gasteiger partial charge >= 0.3 is 0 Å². The van der Waals surface area contributed by atoms with Gasteiger partial charge in [-0.05, 0) is 57.4 Å². The van der Waals surface area contributed by atoms with Crippen LogP contribution < -0.4 is 10.6 Å². The third kappa shape index (κ3) is 3.28. The van der Waals surface area contributed by atoms with Crippen LogP contribution in [0.5, 0.6) is 0 Å². The van der Waals surface area contributed by atoms with Crippen molar-refractivity contribution in [2.24, 2.45) is 13.0 Å². The first-order valence-electron chi connectivity index (χ1n) is 8.62. The number of benzene rings is 1. The summed E-state index contributed by atoms with van der Waals surface area (Å²) < 4.78 is 2.19. The number of rotatable bonds is 3. The van der Waals surface area contributed by atoms with E-state index < -0.39 is 0 Å². The van der Waals surface area contributed by atoms with Gasteiger partial charge in [0.2, 0.25) is 5.91 Å². The molecular formula is C18H25ClN4O. The summed E-state index contributed by atoms with van der Waals surface area (Å²) in [6.45, 7) is 3.06. The van der Waals surface area contributed by atoms with E-state index in [1.54, 1.807) is 0 Å². The Morgan fingerprint density at radius 1 is 1.33 bits per heavy atom. The molecule has 0 radical (unpaired) electrons. The van der Waals surface area contributed by atoms with E-state index in [-0.39, 0.29) is 24.2 Å². The van der Waals surface area contributed by atoms with Crippen LogP contribution in [0.3, 0.4) is 0 Å². The maximum atomic E-state index is 12.5. The molecule has 1 aromatic carbocycles. The summed E-state index contributed by atoms with van der Waals surface area (Å²) in [5.41, 5.74) is 2.97. The van der Waals surface area contributed by atoms with Gasteiger partial charge in [0.05, 0.1) is 11.0 Å². The molecule has 2 atom stereocenters. The molecule has 0 spiro atoms.